The van der Waals surface area contributed by atoms with E-state index in [2.05, 4.69) is 11.4 Å². The summed E-state index contributed by atoms with van der Waals surface area (Å²) in [6.07, 6.45) is 0.882. The minimum atomic E-state index is -0.246. The van der Waals surface area contributed by atoms with Crippen LogP contribution in [0.15, 0.2) is 60.7 Å². The molecule has 6 heteroatoms. The first kappa shape index (κ1) is 20.3. The molecule has 0 fully saturated rings. The molecule has 5 rings (SSSR count). The van der Waals surface area contributed by atoms with E-state index in [9.17, 15) is 9.59 Å². The maximum absolute atomic E-state index is 12.9. The number of amides is 2. The van der Waals surface area contributed by atoms with Gasteiger partial charge in [0.05, 0.1) is 37.9 Å². The molecule has 3 aromatic rings. The number of ether oxygens (including phenoxy) is 2. The van der Waals surface area contributed by atoms with E-state index in [4.69, 9.17) is 9.47 Å². The van der Waals surface area contributed by atoms with Crippen molar-refractivity contribution in [3.63, 3.8) is 0 Å². The molecular weight excluding hydrogens is 404 g/mol. The second-order valence-electron chi connectivity index (χ2n) is 7.98. The van der Waals surface area contributed by atoms with Crippen LogP contribution in [0, 0.1) is 0 Å². The third-order valence-electron chi connectivity index (χ3n) is 6.27. The molecule has 0 saturated carbocycles. The van der Waals surface area contributed by atoms with Crippen LogP contribution in [-0.4, -0.2) is 37.5 Å². The summed E-state index contributed by atoms with van der Waals surface area (Å²) in [6, 6.07) is 18.9. The molecule has 0 aliphatic carbocycles. The van der Waals surface area contributed by atoms with E-state index in [0.717, 1.165) is 29.7 Å². The third kappa shape index (κ3) is 3.24. The highest BCUT2D eigenvalue weighted by molar-refractivity contribution is 6.21. The first-order valence-corrected chi connectivity index (χ1v) is 10.6. The maximum Gasteiger partial charge on any atom is 0.261 e. The Bertz CT molecular complexity index is 1190. The molecule has 0 radical (unpaired) electrons. The van der Waals surface area contributed by atoms with Crippen LogP contribution in [0.5, 0.6) is 11.5 Å². The van der Waals surface area contributed by atoms with Crippen molar-refractivity contribution in [1.29, 1.82) is 0 Å². The number of carbonyl (C=O) groups excluding carboxylic acids is 2. The second kappa shape index (κ2) is 8.13. The Morgan fingerprint density at radius 3 is 2.19 bits per heavy atom. The number of nitrogens with zero attached hydrogens (tertiary/aromatic N) is 1. The lowest BCUT2D eigenvalue weighted by molar-refractivity contribution is 0.0642. The zero-order chi connectivity index (χ0) is 22.2. The molecule has 0 bridgehead atoms. The van der Waals surface area contributed by atoms with Crippen LogP contribution >= 0.6 is 0 Å². The Balaban J connectivity index is 1.52. The SMILES string of the molecule is COc1cc2c(cc1OC)C(c1ccccc1CN1C(=O)c3ccccc3C1=O)NCC2. The van der Waals surface area contributed by atoms with Gasteiger partial charge < -0.3 is 14.8 Å². The molecule has 1 unspecified atom stereocenters. The molecule has 2 aliphatic heterocycles. The molecule has 2 heterocycles. The van der Waals surface area contributed by atoms with E-state index in [-0.39, 0.29) is 24.4 Å². The van der Waals surface area contributed by atoms with Crippen molar-refractivity contribution in [2.24, 2.45) is 0 Å². The van der Waals surface area contributed by atoms with Crippen LogP contribution in [-0.2, 0) is 13.0 Å². The average molecular weight is 428 g/mol. The molecule has 162 valence electrons. The number of rotatable bonds is 5. The van der Waals surface area contributed by atoms with Gasteiger partial charge in [-0.25, -0.2) is 0 Å². The van der Waals surface area contributed by atoms with E-state index in [1.54, 1.807) is 38.5 Å². The van der Waals surface area contributed by atoms with Crippen LogP contribution in [0.1, 0.15) is 49.0 Å². The monoisotopic (exact) mass is 428 g/mol. The average Bonchev–Trinajstić information content (AvgIpc) is 3.08. The van der Waals surface area contributed by atoms with Gasteiger partial charge in [-0.2, -0.15) is 0 Å². The van der Waals surface area contributed by atoms with Crippen LogP contribution in [0.4, 0.5) is 0 Å². The molecule has 0 spiro atoms. The molecule has 2 aliphatic rings. The summed E-state index contributed by atoms with van der Waals surface area (Å²) in [5, 5.41) is 3.60. The summed E-state index contributed by atoms with van der Waals surface area (Å²) in [5.41, 5.74) is 5.21. The van der Waals surface area contributed by atoms with Gasteiger partial charge in [-0.3, -0.25) is 14.5 Å². The van der Waals surface area contributed by atoms with Gasteiger partial charge in [0.2, 0.25) is 0 Å². The third-order valence-corrected chi connectivity index (χ3v) is 6.27. The Labute approximate surface area is 186 Å². The number of hydrogen-bond donors (Lipinski definition) is 1. The summed E-state index contributed by atoms with van der Waals surface area (Å²) < 4.78 is 11.0. The van der Waals surface area contributed by atoms with E-state index in [0.29, 0.717) is 22.6 Å². The highest BCUT2D eigenvalue weighted by Crippen LogP contribution is 2.38. The first-order valence-electron chi connectivity index (χ1n) is 10.6. The zero-order valence-corrected chi connectivity index (χ0v) is 18.1. The number of carbonyl (C=O) groups is 2. The Kier molecular flexibility index (Phi) is 5.15. The summed E-state index contributed by atoms with van der Waals surface area (Å²) in [7, 11) is 3.27. The summed E-state index contributed by atoms with van der Waals surface area (Å²) in [6.45, 7) is 1.04. The quantitative estimate of drug-likeness (QED) is 0.627. The highest BCUT2D eigenvalue weighted by atomic mass is 16.5. The van der Waals surface area contributed by atoms with Crippen molar-refractivity contribution in [2.75, 3.05) is 20.8 Å². The van der Waals surface area contributed by atoms with Crippen molar-refractivity contribution in [1.82, 2.24) is 10.2 Å². The number of fused-ring (bicyclic) bond motifs is 2. The molecule has 0 aromatic heterocycles. The van der Waals surface area contributed by atoms with Crippen molar-refractivity contribution in [3.8, 4) is 11.5 Å². The van der Waals surface area contributed by atoms with E-state index < -0.39 is 0 Å². The van der Waals surface area contributed by atoms with Gasteiger partial charge in [-0.15, -0.1) is 0 Å². The maximum atomic E-state index is 12.9. The predicted molar refractivity (Wildman–Crippen MR) is 120 cm³/mol. The Hall–Kier alpha value is -3.64. The fourth-order valence-corrected chi connectivity index (χ4v) is 4.67. The van der Waals surface area contributed by atoms with E-state index >= 15 is 0 Å². The Morgan fingerprint density at radius 2 is 1.50 bits per heavy atom. The molecular formula is C26H24N2O4. The molecule has 1 atom stereocenters. The van der Waals surface area contributed by atoms with Crippen molar-refractivity contribution >= 4 is 11.8 Å². The van der Waals surface area contributed by atoms with Crippen LogP contribution in [0.2, 0.25) is 0 Å². The number of benzene rings is 3. The van der Waals surface area contributed by atoms with Crippen molar-refractivity contribution in [3.05, 3.63) is 94.0 Å². The fraction of sp³-hybridized carbons (Fsp3) is 0.231. The van der Waals surface area contributed by atoms with Crippen LogP contribution in [0.3, 0.4) is 0 Å². The first-order chi connectivity index (χ1) is 15.6. The second-order valence-corrected chi connectivity index (χ2v) is 7.98. The van der Waals surface area contributed by atoms with Gasteiger partial charge in [0, 0.05) is 6.54 Å². The molecule has 3 aromatic carbocycles. The predicted octanol–water partition coefficient (Wildman–Crippen LogP) is 3.74. The lowest BCUT2D eigenvalue weighted by Crippen LogP contribution is -2.33. The summed E-state index contributed by atoms with van der Waals surface area (Å²) >= 11 is 0. The van der Waals surface area contributed by atoms with Gasteiger partial charge in [-0.05, 0) is 52.9 Å². The van der Waals surface area contributed by atoms with E-state index in [1.807, 2.05) is 30.3 Å². The highest BCUT2D eigenvalue weighted by Gasteiger charge is 2.36. The topological polar surface area (TPSA) is 67.9 Å². The molecule has 6 nitrogen and oxygen atoms in total. The van der Waals surface area contributed by atoms with Crippen molar-refractivity contribution in [2.45, 2.75) is 19.0 Å². The van der Waals surface area contributed by atoms with E-state index in [1.165, 1.54) is 10.5 Å². The molecule has 2 amide bonds. The van der Waals surface area contributed by atoms with Gasteiger partial charge in [-0.1, -0.05) is 36.4 Å². The standard InChI is InChI=1S/C26H24N2O4/c1-31-22-13-16-11-12-27-24(21(16)14-23(22)32-2)18-8-4-3-7-17(18)15-28-25(29)19-9-5-6-10-20(19)26(28)30/h3-10,13-14,24,27H,11-12,15H2,1-2H3. The number of hydrogen-bond acceptors (Lipinski definition) is 5. The molecule has 32 heavy (non-hydrogen) atoms. The minimum absolute atomic E-state index is 0.0788. The summed E-state index contributed by atoms with van der Waals surface area (Å²) in [4.78, 5) is 27.2. The van der Waals surface area contributed by atoms with Gasteiger partial charge in [0.25, 0.3) is 11.8 Å². The van der Waals surface area contributed by atoms with Gasteiger partial charge >= 0.3 is 0 Å². The number of nitrogens with one attached hydrogen (secondary N) is 1. The number of methoxy groups -OCH3 is 2. The minimum Gasteiger partial charge on any atom is -0.493 e. The van der Waals surface area contributed by atoms with Gasteiger partial charge in [0.15, 0.2) is 11.5 Å². The van der Waals surface area contributed by atoms with Crippen molar-refractivity contribution < 1.29 is 19.1 Å². The largest absolute Gasteiger partial charge is 0.493 e. The Morgan fingerprint density at radius 1 is 0.875 bits per heavy atom. The smallest absolute Gasteiger partial charge is 0.261 e. The summed E-state index contributed by atoms with van der Waals surface area (Å²) in [5.74, 6) is 0.900. The van der Waals surface area contributed by atoms with Gasteiger partial charge in [0.1, 0.15) is 0 Å². The van der Waals surface area contributed by atoms with Crippen LogP contribution < -0.4 is 14.8 Å². The lowest BCUT2D eigenvalue weighted by atomic mass is 9.87. The zero-order valence-electron chi connectivity index (χ0n) is 18.1. The lowest BCUT2D eigenvalue weighted by Gasteiger charge is -2.30. The molecule has 0 saturated heterocycles. The number of imide groups is 1. The normalized spacial score (nSPS) is 17.2. The van der Waals surface area contributed by atoms with Crippen LogP contribution in [0.25, 0.3) is 0 Å². The fourth-order valence-electron chi connectivity index (χ4n) is 4.67. The molecule has 1 N–H and O–H groups in total.